The molecule has 0 aliphatic heterocycles. The highest BCUT2D eigenvalue weighted by Crippen LogP contribution is 2.08. The minimum Gasteiger partial charge on any atom is -0.465 e. The molecule has 5 nitrogen and oxygen atoms in total. The lowest BCUT2D eigenvalue weighted by atomic mass is 10.1. The molecule has 0 spiro atoms. The van der Waals surface area contributed by atoms with E-state index in [2.05, 4.69) is 10.1 Å². The highest BCUT2D eigenvalue weighted by Gasteiger charge is 2.15. The molecule has 19 heavy (non-hydrogen) atoms. The smallest absolute Gasteiger partial charge is 0.407 e. The van der Waals surface area contributed by atoms with Crippen LogP contribution in [0.1, 0.15) is 39.4 Å². The quantitative estimate of drug-likeness (QED) is 0.855. The van der Waals surface area contributed by atoms with E-state index in [1.165, 1.54) is 31.4 Å². The first kappa shape index (κ1) is 12.0. The van der Waals surface area contributed by atoms with E-state index in [0.717, 1.165) is 0 Å². The fraction of sp³-hybridized carbons (Fsp3) is 0.429. The Morgan fingerprint density at radius 2 is 1.84 bits per heavy atom. The number of amides is 1. The molecule has 1 N–H and O–H groups in total. The van der Waals surface area contributed by atoms with Gasteiger partial charge in [-0.3, -0.25) is 0 Å². The number of ether oxygens (including phenoxy) is 2. The van der Waals surface area contributed by atoms with Crippen LogP contribution in [-0.2, 0) is 16.0 Å². The fourth-order valence-electron chi connectivity index (χ4n) is 1.23. The molecular formula is C14H19NO4. The monoisotopic (exact) mass is 267 g/mol. The zero-order chi connectivity index (χ0) is 16.3. The van der Waals surface area contributed by atoms with Crippen LogP contribution in [0.4, 0.5) is 4.79 Å². The number of alkyl carbamates (subject to hydrolysis) is 1. The Bertz CT molecular complexity index is 521. The molecule has 0 aliphatic rings. The lowest BCUT2D eigenvalue weighted by Crippen LogP contribution is -2.32. The average molecular weight is 267 g/mol. The minimum atomic E-state index is -2.11. The highest BCUT2D eigenvalue weighted by molar-refractivity contribution is 5.89. The van der Waals surface area contributed by atoms with Crippen molar-refractivity contribution in [2.45, 2.75) is 32.9 Å². The summed E-state index contributed by atoms with van der Waals surface area (Å²) >= 11 is 0. The Labute approximate surface area is 115 Å². The van der Waals surface area contributed by atoms with Gasteiger partial charge in [0.15, 0.2) is 0 Å². The minimum absolute atomic E-state index is 0.195. The maximum atomic E-state index is 11.6. The van der Waals surface area contributed by atoms with Crippen LogP contribution < -0.4 is 5.32 Å². The summed E-state index contributed by atoms with van der Waals surface area (Å²) in [6, 6.07) is 5.67. The number of rotatable bonds is 3. The second-order valence-corrected chi connectivity index (χ2v) is 4.82. The standard InChI is InChI=1S/C14H19NO4/c1-14(2,3)19-13(17)15-9-10-5-7-11(8-6-10)12(16)18-4/h5-8H,9H2,1-4H3,(H,15,17)/i9D2. The van der Waals surface area contributed by atoms with Gasteiger partial charge < -0.3 is 14.8 Å². The first-order chi connectivity index (χ1) is 9.55. The van der Waals surface area contributed by atoms with Crippen LogP contribution in [0.25, 0.3) is 0 Å². The molecule has 0 aliphatic carbocycles. The van der Waals surface area contributed by atoms with Gasteiger partial charge in [-0.1, -0.05) is 12.1 Å². The maximum Gasteiger partial charge on any atom is 0.407 e. The van der Waals surface area contributed by atoms with Gasteiger partial charge in [0.2, 0.25) is 0 Å². The second-order valence-electron chi connectivity index (χ2n) is 4.82. The van der Waals surface area contributed by atoms with Crippen molar-refractivity contribution in [2.24, 2.45) is 0 Å². The van der Waals surface area contributed by atoms with Crippen molar-refractivity contribution >= 4 is 12.1 Å². The normalized spacial score (nSPS) is 13.1. The SMILES string of the molecule is [2H]C([2H])(NC(=O)OC(C)(C)C)c1ccc(C(=O)OC)cc1. The molecule has 0 saturated carbocycles. The predicted octanol–water partition coefficient (Wildman–Crippen LogP) is 2.50. The number of methoxy groups -OCH3 is 1. The van der Waals surface area contributed by atoms with Gasteiger partial charge in [-0.2, -0.15) is 0 Å². The van der Waals surface area contributed by atoms with Gasteiger partial charge in [0, 0.05) is 6.50 Å². The lowest BCUT2D eigenvalue weighted by Gasteiger charge is -2.19. The zero-order valence-corrected chi connectivity index (χ0v) is 11.4. The number of benzene rings is 1. The molecule has 0 radical (unpaired) electrons. The molecule has 0 bridgehead atoms. The van der Waals surface area contributed by atoms with E-state index in [4.69, 9.17) is 7.48 Å². The topological polar surface area (TPSA) is 64.6 Å². The van der Waals surface area contributed by atoms with Gasteiger partial charge in [0.25, 0.3) is 0 Å². The van der Waals surface area contributed by atoms with E-state index in [9.17, 15) is 9.59 Å². The number of carbonyl (C=O) groups excluding carboxylic acids is 2. The Hall–Kier alpha value is -2.04. The summed E-state index contributed by atoms with van der Waals surface area (Å²) in [4.78, 5) is 22.9. The van der Waals surface area contributed by atoms with Crippen LogP contribution in [-0.4, -0.2) is 24.8 Å². The van der Waals surface area contributed by atoms with Crippen molar-refractivity contribution in [2.75, 3.05) is 7.11 Å². The van der Waals surface area contributed by atoms with E-state index in [1.807, 2.05) is 0 Å². The van der Waals surface area contributed by atoms with Crippen molar-refractivity contribution in [1.82, 2.24) is 5.32 Å². The summed E-state index contributed by atoms with van der Waals surface area (Å²) in [5, 5.41) is 2.15. The first-order valence-corrected chi connectivity index (χ1v) is 5.75. The molecule has 104 valence electrons. The fourth-order valence-corrected chi connectivity index (χ4v) is 1.23. The third kappa shape index (κ3) is 5.42. The molecule has 0 saturated heterocycles. The van der Waals surface area contributed by atoms with Gasteiger partial charge in [0.05, 0.1) is 15.4 Å². The molecular weight excluding hydrogens is 246 g/mol. The van der Waals surface area contributed by atoms with E-state index in [1.54, 1.807) is 20.8 Å². The second kappa shape index (κ2) is 6.22. The molecule has 0 aromatic heterocycles. The van der Waals surface area contributed by atoms with Crippen LogP contribution in [0.5, 0.6) is 0 Å². The first-order valence-electron chi connectivity index (χ1n) is 6.75. The van der Waals surface area contributed by atoms with Crippen LogP contribution in [0, 0.1) is 0 Å². The van der Waals surface area contributed by atoms with E-state index >= 15 is 0 Å². The van der Waals surface area contributed by atoms with Gasteiger partial charge in [-0.15, -0.1) is 0 Å². The molecule has 1 aromatic rings. The van der Waals surface area contributed by atoms with Crippen molar-refractivity contribution in [3.63, 3.8) is 0 Å². The largest absolute Gasteiger partial charge is 0.465 e. The van der Waals surface area contributed by atoms with E-state index in [-0.39, 0.29) is 5.56 Å². The lowest BCUT2D eigenvalue weighted by molar-refractivity contribution is 0.0522. The summed E-state index contributed by atoms with van der Waals surface area (Å²) in [6.45, 7) is 2.95. The van der Waals surface area contributed by atoms with Crippen molar-refractivity contribution < 1.29 is 21.8 Å². The Morgan fingerprint density at radius 1 is 1.26 bits per heavy atom. The van der Waals surface area contributed by atoms with Gasteiger partial charge in [0.1, 0.15) is 5.60 Å². The third-order valence-electron chi connectivity index (χ3n) is 2.01. The summed E-state index contributed by atoms with van der Waals surface area (Å²) < 4.78 is 25.3. The number of nitrogens with one attached hydrogen (secondary N) is 1. The molecule has 0 fully saturated rings. The molecule has 1 aromatic carbocycles. The molecule has 5 heteroatoms. The highest BCUT2D eigenvalue weighted by atomic mass is 16.6. The van der Waals surface area contributed by atoms with Crippen LogP contribution >= 0.6 is 0 Å². The van der Waals surface area contributed by atoms with Gasteiger partial charge in [-0.25, -0.2) is 9.59 Å². The zero-order valence-electron chi connectivity index (χ0n) is 13.4. The van der Waals surface area contributed by atoms with Gasteiger partial charge >= 0.3 is 12.1 Å². The van der Waals surface area contributed by atoms with Crippen molar-refractivity contribution in [1.29, 1.82) is 0 Å². The number of hydrogen-bond donors (Lipinski definition) is 1. The summed E-state index contributed by atoms with van der Waals surface area (Å²) in [7, 11) is 1.26. The molecule has 1 rings (SSSR count). The van der Waals surface area contributed by atoms with Crippen LogP contribution in [0.3, 0.4) is 0 Å². The number of hydrogen-bond acceptors (Lipinski definition) is 4. The van der Waals surface area contributed by atoms with E-state index < -0.39 is 24.2 Å². The summed E-state index contributed by atoms with van der Waals surface area (Å²) in [6.07, 6.45) is -0.857. The van der Waals surface area contributed by atoms with E-state index in [0.29, 0.717) is 5.56 Å². The number of carbonyl (C=O) groups is 2. The van der Waals surface area contributed by atoms with Gasteiger partial charge in [-0.05, 0) is 38.5 Å². The predicted molar refractivity (Wildman–Crippen MR) is 70.9 cm³/mol. The van der Waals surface area contributed by atoms with Crippen LogP contribution in [0.2, 0.25) is 0 Å². The summed E-state index contributed by atoms with van der Waals surface area (Å²) in [5.74, 6) is -0.512. The van der Waals surface area contributed by atoms with Crippen molar-refractivity contribution in [3.8, 4) is 0 Å². The number of esters is 1. The molecule has 0 atom stereocenters. The molecule has 1 amide bonds. The molecule has 0 heterocycles. The van der Waals surface area contributed by atoms with Crippen molar-refractivity contribution in [3.05, 3.63) is 35.4 Å². The average Bonchev–Trinajstić information content (AvgIpc) is 2.35. The Balaban J connectivity index is 2.83. The van der Waals surface area contributed by atoms with Crippen LogP contribution in [0.15, 0.2) is 24.3 Å². The summed E-state index contributed by atoms with van der Waals surface area (Å²) in [5.41, 5.74) is -0.218. The third-order valence-corrected chi connectivity index (χ3v) is 2.01. The Morgan fingerprint density at radius 3 is 2.32 bits per heavy atom. The Kier molecular flexibility index (Phi) is 3.94. The maximum absolute atomic E-state index is 11.6. The molecule has 0 unspecified atom stereocenters.